The van der Waals surface area contributed by atoms with Gasteiger partial charge >= 0.3 is 19.5 Å². The minimum Gasteiger partial charge on any atom is -0.383 e. The molecule has 0 spiro atoms. The van der Waals surface area contributed by atoms with Crippen molar-refractivity contribution in [3.05, 3.63) is 0 Å². The fraction of sp³-hybridized carbons (Fsp3) is 0.800. The maximum absolute atomic E-state index is 11.3. The van der Waals surface area contributed by atoms with E-state index in [0.717, 1.165) is 26.2 Å². The molecule has 0 aromatic heterocycles. The number of carbonyl (C=O) groups excluding carboxylic acids is 2. The molecular weight excluding hydrogens is 325 g/mol. The van der Waals surface area contributed by atoms with Crippen LogP contribution in [0, 0.1) is 0 Å². The molecule has 0 amide bonds. The molecule has 20 heavy (non-hydrogen) atoms. The Morgan fingerprint density at radius 2 is 1.15 bits per heavy atom. The van der Waals surface area contributed by atoms with Crippen LogP contribution in [-0.2, 0) is 32.3 Å². The first-order valence-corrected chi connectivity index (χ1v) is 9.52. The third kappa shape index (κ3) is 22.5. The van der Waals surface area contributed by atoms with Crippen molar-refractivity contribution < 1.29 is 32.3 Å². The molecule has 0 aromatic rings. The molecule has 0 aliphatic rings. The van der Waals surface area contributed by atoms with Crippen LogP contribution in [0.15, 0.2) is 0 Å². The highest BCUT2D eigenvalue weighted by Crippen LogP contribution is 2.47. The number of carbonyl (C=O) groups is 2. The van der Waals surface area contributed by atoms with Gasteiger partial charge in [0.1, 0.15) is 0 Å². The Morgan fingerprint density at radius 3 is 1.25 bits per heavy atom. The monoisotopic (exact) mass is 346 g/mol. The summed E-state index contributed by atoms with van der Waals surface area (Å²) in [7, 11) is -3.01. The SMILES string of the molecule is CCP(=O)(OC(C)=O)OC(C)=O.CCP=O.CCP=O. The zero-order valence-electron chi connectivity index (χ0n) is 12.3. The van der Waals surface area contributed by atoms with Gasteiger partial charge in [-0.2, -0.15) is 0 Å². The van der Waals surface area contributed by atoms with Crippen molar-refractivity contribution in [3.8, 4) is 0 Å². The number of rotatable bonds is 5. The summed E-state index contributed by atoms with van der Waals surface area (Å²) >= 11 is 0. The van der Waals surface area contributed by atoms with Crippen LogP contribution in [0.5, 0.6) is 0 Å². The zero-order valence-corrected chi connectivity index (χ0v) is 15.0. The Labute approximate surface area is 122 Å². The highest BCUT2D eigenvalue weighted by atomic mass is 31.2. The first-order chi connectivity index (χ1) is 9.22. The molecule has 0 unspecified atom stereocenters. The minimum atomic E-state index is -3.51. The molecule has 0 saturated carbocycles. The molecule has 0 fully saturated rings. The van der Waals surface area contributed by atoms with Gasteiger partial charge in [-0.3, -0.25) is 18.7 Å². The van der Waals surface area contributed by atoms with E-state index in [1.165, 1.54) is 6.92 Å². The third-order valence-corrected chi connectivity index (χ3v) is 3.54. The largest absolute Gasteiger partial charge is 0.434 e. The van der Waals surface area contributed by atoms with Crippen LogP contribution >= 0.6 is 24.5 Å². The summed E-state index contributed by atoms with van der Waals surface area (Å²) in [5, 5.41) is 0. The highest BCUT2D eigenvalue weighted by Gasteiger charge is 2.27. The lowest BCUT2D eigenvalue weighted by Gasteiger charge is -2.13. The van der Waals surface area contributed by atoms with E-state index >= 15 is 0 Å². The van der Waals surface area contributed by atoms with Gasteiger partial charge in [0.15, 0.2) is 16.9 Å². The van der Waals surface area contributed by atoms with Crippen molar-refractivity contribution in [3.63, 3.8) is 0 Å². The second-order valence-electron chi connectivity index (χ2n) is 2.98. The predicted molar refractivity (Wildman–Crippen MR) is 78.0 cm³/mol. The molecule has 0 aromatic carbocycles. The Bertz CT molecular complexity index is 316. The second-order valence-corrected chi connectivity index (χ2v) is 6.98. The van der Waals surface area contributed by atoms with Gasteiger partial charge in [0.2, 0.25) is 0 Å². The molecule has 0 aliphatic carbocycles. The van der Waals surface area contributed by atoms with Crippen LogP contribution in [-0.4, -0.2) is 30.4 Å². The lowest BCUT2D eigenvalue weighted by Crippen LogP contribution is -2.05. The van der Waals surface area contributed by atoms with Crippen molar-refractivity contribution in [1.82, 2.24) is 0 Å². The molecule has 118 valence electrons. The fourth-order valence-electron chi connectivity index (χ4n) is 0.539. The van der Waals surface area contributed by atoms with Gasteiger partial charge in [-0.15, -0.1) is 0 Å². The van der Waals surface area contributed by atoms with E-state index < -0.39 is 19.5 Å². The van der Waals surface area contributed by atoms with E-state index in [-0.39, 0.29) is 23.1 Å². The van der Waals surface area contributed by atoms with Gasteiger partial charge in [0.05, 0.1) is 6.16 Å². The number of hydrogen-bond acceptors (Lipinski definition) is 7. The Morgan fingerprint density at radius 1 is 0.900 bits per heavy atom. The van der Waals surface area contributed by atoms with Gasteiger partial charge in [-0.1, -0.05) is 20.8 Å². The molecule has 0 aliphatic heterocycles. The first kappa shape index (κ1) is 24.4. The van der Waals surface area contributed by atoms with Gasteiger partial charge < -0.3 is 9.05 Å². The summed E-state index contributed by atoms with van der Waals surface area (Å²) in [6.07, 6.45) is 1.46. The van der Waals surface area contributed by atoms with E-state index in [0.29, 0.717) is 0 Å². The normalized spacial score (nSPS) is 9.65. The van der Waals surface area contributed by atoms with E-state index in [1.54, 1.807) is 0 Å². The van der Waals surface area contributed by atoms with Gasteiger partial charge in [0.25, 0.3) is 0 Å². The Balaban J connectivity index is -0.000000297. The smallest absolute Gasteiger partial charge is 0.383 e. The van der Waals surface area contributed by atoms with Gasteiger partial charge in [-0.05, 0) is 0 Å². The molecule has 0 radical (unpaired) electrons. The standard InChI is InChI=1S/C6H11O5P.2C2H5OP/c1-4-12(9,10-5(2)7)11-6(3)8;2*1-2-4-3/h4H2,1-3H3;2*2H2,1H3. The first-order valence-electron chi connectivity index (χ1n) is 5.80. The zero-order chi connectivity index (χ0) is 16.6. The Hall–Kier alpha value is -0.630. The second kappa shape index (κ2) is 16.4. The van der Waals surface area contributed by atoms with E-state index in [4.69, 9.17) is 0 Å². The van der Waals surface area contributed by atoms with Gasteiger partial charge in [0, 0.05) is 26.2 Å². The predicted octanol–water partition coefficient (Wildman–Crippen LogP) is 3.92. The summed E-state index contributed by atoms with van der Waals surface area (Å²) in [6.45, 7) is 7.42. The molecule has 0 N–H and O–H groups in total. The van der Waals surface area contributed by atoms with Crippen LogP contribution in [0.4, 0.5) is 0 Å². The average Bonchev–Trinajstić information content (AvgIpc) is 2.37. The summed E-state index contributed by atoms with van der Waals surface area (Å²) in [5.74, 6) is -1.44. The average molecular weight is 346 g/mol. The van der Waals surface area contributed by atoms with Gasteiger partial charge in [-0.25, -0.2) is 4.57 Å². The quantitative estimate of drug-likeness (QED) is 0.695. The number of hydrogen-bond donors (Lipinski definition) is 0. The van der Waals surface area contributed by atoms with E-state index in [9.17, 15) is 23.3 Å². The minimum absolute atomic E-state index is 0.00778. The maximum atomic E-state index is 11.3. The maximum Gasteiger partial charge on any atom is 0.434 e. The van der Waals surface area contributed by atoms with Crippen LogP contribution in [0.25, 0.3) is 0 Å². The molecule has 10 heteroatoms. The summed E-state index contributed by atoms with van der Waals surface area (Å²) in [6, 6.07) is 0. The van der Waals surface area contributed by atoms with Crippen molar-refractivity contribution in [2.75, 3.05) is 18.5 Å². The molecular formula is C10H21O7P3. The van der Waals surface area contributed by atoms with E-state index in [2.05, 4.69) is 9.05 Å². The lowest BCUT2D eigenvalue weighted by atomic mass is 10.9. The highest BCUT2D eigenvalue weighted by molar-refractivity contribution is 7.54. The van der Waals surface area contributed by atoms with Crippen molar-refractivity contribution >= 4 is 36.5 Å². The third-order valence-electron chi connectivity index (χ3n) is 1.18. The summed E-state index contributed by atoms with van der Waals surface area (Å²) < 4.78 is 38.6. The van der Waals surface area contributed by atoms with E-state index in [1.807, 2.05) is 13.8 Å². The summed E-state index contributed by atoms with van der Waals surface area (Å²) in [5.41, 5.74) is 0. The molecule has 0 bridgehead atoms. The molecule has 7 nitrogen and oxygen atoms in total. The molecule has 0 heterocycles. The fourth-order valence-corrected chi connectivity index (χ4v) is 1.62. The topological polar surface area (TPSA) is 104 Å². The van der Waals surface area contributed by atoms with Crippen LogP contribution < -0.4 is 0 Å². The lowest BCUT2D eigenvalue weighted by molar-refractivity contribution is -0.136. The summed E-state index contributed by atoms with van der Waals surface area (Å²) in [4.78, 5) is 20.8. The molecule has 0 rings (SSSR count). The van der Waals surface area contributed by atoms with Crippen LogP contribution in [0.1, 0.15) is 34.6 Å². The molecule has 0 atom stereocenters. The Kier molecular flexibility index (Phi) is 20.0. The van der Waals surface area contributed by atoms with Crippen LogP contribution in [0.3, 0.4) is 0 Å². The molecule has 0 saturated heterocycles. The van der Waals surface area contributed by atoms with Crippen molar-refractivity contribution in [1.29, 1.82) is 0 Å². The van der Waals surface area contributed by atoms with Crippen LogP contribution in [0.2, 0.25) is 0 Å². The van der Waals surface area contributed by atoms with Crippen molar-refractivity contribution in [2.24, 2.45) is 0 Å². The van der Waals surface area contributed by atoms with Crippen molar-refractivity contribution in [2.45, 2.75) is 34.6 Å².